The lowest BCUT2D eigenvalue weighted by molar-refractivity contribution is 0.100. The number of carbonyl (C=O) groups is 1. The van der Waals surface area contributed by atoms with E-state index in [0.717, 1.165) is 0 Å². The van der Waals surface area contributed by atoms with E-state index >= 15 is 0 Å². The highest BCUT2D eigenvalue weighted by atomic mass is 19.1. The molecule has 2 N–H and O–H groups in total. The van der Waals surface area contributed by atoms with Crippen molar-refractivity contribution < 1.29 is 13.9 Å². The molecule has 0 aromatic heterocycles. The molecule has 0 aliphatic heterocycles. The minimum absolute atomic E-state index is 0.211. The maximum atomic E-state index is 12.2. The van der Waals surface area contributed by atoms with Crippen LogP contribution in [0.25, 0.3) is 0 Å². The molecule has 1 amide bonds. The molecule has 0 aliphatic rings. The van der Waals surface area contributed by atoms with Gasteiger partial charge in [-0.25, -0.2) is 4.39 Å². The first-order valence-corrected chi connectivity index (χ1v) is 4.98. The van der Waals surface area contributed by atoms with Crippen molar-refractivity contribution >= 4 is 5.91 Å². The molecule has 86 valence electrons. The Bertz CT molecular complexity index is 385. The molecule has 0 heterocycles. The van der Waals surface area contributed by atoms with Crippen LogP contribution in [0, 0.1) is 0 Å². The summed E-state index contributed by atoms with van der Waals surface area (Å²) >= 11 is 0. The summed E-state index contributed by atoms with van der Waals surface area (Å²) in [5.74, 6) is 0.0993. The van der Waals surface area contributed by atoms with Crippen LogP contribution in [-0.2, 0) is 0 Å². The third kappa shape index (κ3) is 3.38. The first-order chi connectivity index (χ1) is 7.67. The molecule has 0 aliphatic carbocycles. The molecule has 0 unspecified atom stereocenters. The van der Waals surface area contributed by atoms with Gasteiger partial charge < -0.3 is 10.5 Å². The molecule has 4 heteroatoms. The normalized spacial score (nSPS) is 11.2. The Hall–Kier alpha value is -1.84. The van der Waals surface area contributed by atoms with Crippen molar-refractivity contribution in [2.24, 2.45) is 5.73 Å². The average molecular weight is 223 g/mol. The van der Waals surface area contributed by atoms with E-state index in [1.807, 2.05) is 6.92 Å². The molecule has 16 heavy (non-hydrogen) atoms. The Labute approximate surface area is 93.7 Å². The number of hydrogen-bond acceptors (Lipinski definition) is 2. The van der Waals surface area contributed by atoms with Crippen LogP contribution in [0.5, 0.6) is 5.75 Å². The van der Waals surface area contributed by atoms with E-state index in [4.69, 9.17) is 10.5 Å². The second-order valence-electron chi connectivity index (χ2n) is 3.30. The van der Waals surface area contributed by atoms with E-state index in [1.54, 1.807) is 24.3 Å². The van der Waals surface area contributed by atoms with Crippen molar-refractivity contribution in [3.05, 3.63) is 41.7 Å². The molecular weight excluding hydrogens is 209 g/mol. The Morgan fingerprint density at radius 1 is 1.44 bits per heavy atom. The van der Waals surface area contributed by atoms with Gasteiger partial charge in [-0.2, -0.15) is 0 Å². The summed E-state index contributed by atoms with van der Waals surface area (Å²) in [6.45, 7) is 2.06. The second kappa shape index (κ2) is 5.90. The summed E-state index contributed by atoms with van der Waals surface area (Å²) < 4.78 is 17.6. The van der Waals surface area contributed by atoms with Crippen LogP contribution in [0.15, 0.2) is 36.2 Å². The summed E-state index contributed by atoms with van der Waals surface area (Å²) in [4.78, 5) is 10.8. The van der Waals surface area contributed by atoms with E-state index in [-0.39, 0.29) is 6.61 Å². The summed E-state index contributed by atoms with van der Waals surface area (Å²) in [6, 6.07) is 6.40. The number of carbonyl (C=O) groups excluding carboxylic acids is 1. The Kier molecular flexibility index (Phi) is 4.51. The third-order valence-corrected chi connectivity index (χ3v) is 2.17. The number of amides is 1. The molecule has 1 aromatic carbocycles. The van der Waals surface area contributed by atoms with Crippen molar-refractivity contribution in [2.75, 3.05) is 6.61 Å². The Morgan fingerprint density at radius 2 is 2.06 bits per heavy atom. The van der Waals surface area contributed by atoms with Crippen LogP contribution in [-0.4, -0.2) is 12.5 Å². The highest BCUT2D eigenvalue weighted by molar-refractivity contribution is 5.92. The lowest BCUT2D eigenvalue weighted by Crippen LogP contribution is -2.10. The number of primary amides is 1. The quantitative estimate of drug-likeness (QED) is 0.833. The predicted octanol–water partition coefficient (Wildman–Crippen LogP) is 2.43. The van der Waals surface area contributed by atoms with Crippen LogP contribution in [0.4, 0.5) is 4.39 Å². The van der Waals surface area contributed by atoms with Crippen LogP contribution in [0.2, 0.25) is 0 Å². The van der Waals surface area contributed by atoms with Gasteiger partial charge in [0.05, 0.1) is 6.33 Å². The Balaban J connectivity index is 2.59. The van der Waals surface area contributed by atoms with Gasteiger partial charge in [-0.3, -0.25) is 4.79 Å². The van der Waals surface area contributed by atoms with Crippen LogP contribution < -0.4 is 10.5 Å². The molecule has 1 aromatic rings. The highest BCUT2D eigenvalue weighted by Crippen LogP contribution is 2.13. The van der Waals surface area contributed by atoms with Gasteiger partial charge in [0, 0.05) is 5.56 Å². The molecule has 0 bridgehead atoms. The number of ether oxygens (including phenoxy) is 1. The molecule has 1 rings (SSSR count). The number of rotatable bonds is 5. The fourth-order valence-electron chi connectivity index (χ4n) is 1.10. The number of hydrogen-bond donors (Lipinski definition) is 1. The smallest absolute Gasteiger partial charge is 0.248 e. The van der Waals surface area contributed by atoms with Gasteiger partial charge in [0.15, 0.2) is 0 Å². The first kappa shape index (κ1) is 12.2. The molecular formula is C12H14FNO2. The average Bonchev–Trinajstić information content (AvgIpc) is 2.31. The maximum Gasteiger partial charge on any atom is 0.248 e. The number of halogens is 1. The van der Waals surface area contributed by atoms with Gasteiger partial charge in [-0.05, 0) is 36.3 Å². The SMILES string of the molecule is CC/C(=C\F)COc1ccc(C(N)=O)cc1. The highest BCUT2D eigenvalue weighted by Gasteiger charge is 2.01. The molecule has 0 atom stereocenters. The van der Waals surface area contributed by atoms with Crippen LogP contribution >= 0.6 is 0 Å². The standard InChI is InChI=1S/C12H14FNO2/c1-2-9(7-13)8-16-11-5-3-10(4-6-11)12(14)15/h3-7H,2,8H2,1H3,(H2,14,15)/b9-7+. The molecule has 3 nitrogen and oxygen atoms in total. The largest absolute Gasteiger partial charge is 0.489 e. The molecule has 0 fully saturated rings. The monoisotopic (exact) mass is 223 g/mol. The van der Waals surface area contributed by atoms with E-state index in [1.165, 1.54) is 0 Å². The van der Waals surface area contributed by atoms with Crippen LogP contribution in [0.3, 0.4) is 0 Å². The number of benzene rings is 1. The fourth-order valence-corrected chi connectivity index (χ4v) is 1.10. The van der Waals surface area contributed by atoms with Crippen molar-refractivity contribution in [1.29, 1.82) is 0 Å². The molecule has 0 spiro atoms. The van der Waals surface area contributed by atoms with E-state index in [2.05, 4.69) is 0 Å². The summed E-state index contributed by atoms with van der Waals surface area (Å²) in [5, 5.41) is 0. The minimum atomic E-state index is -0.482. The van der Waals surface area contributed by atoms with Crippen molar-refractivity contribution in [2.45, 2.75) is 13.3 Å². The maximum absolute atomic E-state index is 12.2. The minimum Gasteiger partial charge on any atom is -0.489 e. The Morgan fingerprint density at radius 3 is 2.50 bits per heavy atom. The summed E-state index contributed by atoms with van der Waals surface area (Å²) in [6.07, 6.45) is 1.16. The predicted molar refractivity (Wildman–Crippen MR) is 59.9 cm³/mol. The van der Waals surface area contributed by atoms with Gasteiger partial charge >= 0.3 is 0 Å². The van der Waals surface area contributed by atoms with Crippen molar-refractivity contribution in [3.8, 4) is 5.75 Å². The zero-order chi connectivity index (χ0) is 12.0. The summed E-state index contributed by atoms with van der Waals surface area (Å²) in [7, 11) is 0. The van der Waals surface area contributed by atoms with Crippen molar-refractivity contribution in [1.82, 2.24) is 0 Å². The van der Waals surface area contributed by atoms with E-state index in [0.29, 0.717) is 29.6 Å². The lowest BCUT2D eigenvalue weighted by Gasteiger charge is -2.07. The van der Waals surface area contributed by atoms with Gasteiger partial charge in [0.25, 0.3) is 0 Å². The van der Waals surface area contributed by atoms with Gasteiger partial charge in [-0.15, -0.1) is 0 Å². The molecule has 0 radical (unpaired) electrons. The topological polar surface area (TPSA) is 52.3 Å². The van der Waals surface area contributed by atoms with Crippen molar-refractivity contribution in [3.63, 3.8) is 0 Å². The van der Waals surface area contributed by atoms with Gasteiger partial charge in [0.1, 0.15) is 12.4 Å². The van der Waals surface area contributed by atoms with Gasteiger partial charge in [-0.1, -0.05) is 6.92 Å². The lowest BCUT2D eigenvalue weighted by atomic mass is 10.2. The number of nitrogens with two attached hydrogens (primary N) is 1. The molecule has 0 saturated carbocycles. The zero-order valence-electron chi connectivity index (χ0n) is 9.07. The fraction of sp³-hybridized carbons (Fsp3) is 0.250. The summed E-state index contributed by atoms with van der Waals surface area (Å²) in [5.41, 5.74) is 6.09. The third-order valence-electron chi connectivity index (χ3n) is 2.17. The van der Waals surface area contributed by atoms with E-state index in [9.17, 15) is 9.18 Å². The van der Waals surface area contributed by atoms with Gasteiger partial charge in [0.2, 0.25) is 5.91 Å². The molecule has 0 saturated heterocycles. The van der Waals surface area contributed by atoms with Crippen LogP contribution in [0.1, 0.15) is 23.7 Å². The van der Waals surface area contributed by atoms with E-state index < -0.39 is 5.91 Å². The first-order valence-electron chi connectivity index (χ1n) is 4.98. The zero-order valence-corrected chi connectivity index (χ0v) is 9.07. The second-order valence-corrected chi connectivity index (χ2v) is 3.30.